The van der Waals surface area contributed by atoms with Crippen LogP contribution in [-0.2, 0) is 4.79 Å². The molecule has 1 aliphatic heterocycles. The number of hydrogen-bond acceptors (Lipinski definition) is 4. The smallest absolute Gasteiger partial charge is 0.224 e. The summed E-state index contributed by atoms with van der Waals surface area (Å²) in [5, 5.41) is 6.57. The third-order valence-corrected chi connectivity index (χ3v) is 5.51. The quantitative estimate of drug-likeness (QED) is 0.790. The van der Waals surface area contributed by atoms with Crippen molar-refractivity contribution in [1.29, 1.82) is 0 Å². The van der Waals surface area contributed by atoms with E-state index in [4.69, 9.17) is 9.47 Å². The van der Waals surface area contributed by atoms with Crippen molar-refractivity contribution in [2.24, 2.45) is 11.3 Å². The summed E-state index contributed by atoms with van der Waals surface area (Å²) in [6.45, 7) is 8.07. The highest BCUT2D eigenvalue weighted by atomic mass is 35.5. The number of carbonyl (C=O) groups excluding carboxylic acids is 1. The van der Waals surface area contributed by atoms with E-state index in [1.807, 2.05) is 39.0 Å². The number of nitrogens with one attached hydrogen (secondary N) is 2. The first-order valence-corrected chi connectivity index (χ1v) is 9.31. The molecule has 2 fully saturated rings. The van der Waals surface area contributed by atoms with Crippen LogP contribution >= 0.6 is 12.4 Å². The molecule has 2 N–H and O–H groups in total. The number of benzene rings is 1. The molecule has 1 saturated heterocycles. The maximum atomic E-state index is 12.6. The van der Waals surface area contributed by atoms with Crippen LogP contribution in [0.3, 0.4) is 0 Å². The lowest BCUT2D eigenvalue weighted by molar-refractivity contribution is -0.123. The van der Waals surface area contributed by atoms with Gasteiger partial charge in [0.25, 0.3) is 0 Å². The van der Waals surface area contributed by atoms with E-state index in [0.717, 1.165) is 43.7 Å². The first-order chi connectivity index (χ1) is 11.9. The molecule has 1 amide bonds. The van der Waals surface area contributed by atoms with Gasteiger partial charge in [0.15, 0.2) is 11.5 Å². The van der Waals surface area contributed by atoms with E-state index in [1.165, 1.54) is 0 Å². The summed E-state index contributed by atoms with van der Waals surface area (Å²) in [5.41, 5.74) is 1.29. The minimum Gasteiger partial charge on any atom is -0.493 e. The normalized spacial score (nSPS) is 21.7. The van der Waals surface area contributed by atoms with E-state index in [0.29, 0.717) is 5.75 Å². The highest BCUT2D eigenvalue weighted by molar-refractivity contribution is 5.85. The maximum absolute atomic E-state index is 12.6. The summed E-state index contributed by atoms with van der Waals surface area (Å²) in [6.07, 6.45) is 3.37. The highest BCUT2D eigenvalue weighted by Gasteiger charge is 2.57. The van der Waals surface area contributed by atoms with Crippen molar-refractivity contribution >= 4 is 18.3 Å². The van der Waals surface area contributed by atoms with Crippen LogP contribution in [0.2, 0.25) is 0 Å². The fourth-order valence-electron chi connectivity index (χ4n) is 3.90. The zero-order chi connectivity index (χ0) is 18.0. The zero-order valence-electron chi connectivity index (χ0n) is 16.1. The first-order valence-electron chi connectivity index (χ1n) is 9.31. The molecule has 0 radical (unpaired) electrons. The molecule has 2 aliphatic rings. The minimum atomic E-state index is -0.0473. The van der Waals surface area contributed by atoms with Crippen LogP contribution in [0.1, 0.15) is 51.6 Å². The number of halogens is 1. The van der Waals surface area contributed by atoms with Crippen LogP contribution < -0.4 is 20.1 Å². The zero-order valence-corrected chi connectivity index (χ0v) is 16.9. The Bertz CT molecular complexity index is 629. The summed E-state index contributed by atoms with van der Waals surface area (Å²) in [5.74, 6) is 1.81. The van der Waals surface area contributed by atoms with E-state index in [9.17, 15) is 4.79 Å². The fourth-order valence-corrected chi connectivity index (χ4v) is 3.90. The van der Waals surface area contributed by atoms with Crippen LogP contribution in [0, 0.1) is 11.3 Å². The molecule has 26 heavy (non-hydrogen) atoms. The Labute approximate surface area is 162 Å². The van der Waals surface area contributed by atoms with Crippen LogP contribution in [0.5, 0.6) is 11.5 Å². The minimum absolute atomic E-state index is 0. The molecular weight excluding hydrogens is 352 g/mol. The Morgan fingerprint density at radius 2 is 1.92 bits per heavy atom. The lowest BCUT2D eigenvalue weighted by Crippen LogP contribution is -2.34. The van der Waals surface area contributed by atoms with Gasteiger partial charge in [0, 0.05) is 5.92 Å². The fraction of sp³-hybridized carbons (Fsp3) is 0.650. The van der Waals surface area contributed by atoms with E-state index in [-0.39, 0.29) is 41.8 Å². The second kappa shape index (κ2) is 8.49. The van der Waals surface area contributed by atoms with Gasteiger partial charge in [-0.25, -0.2) is 0 Å². The Kier molecular flexibility index (Phi) is 6.80. The molecule has 0 aromatic heterocycles. The SMILES string of the molecule is COc1cc(C(C)NC(=O)C2CC23CCNCC3)ccc1OC(C)C.Cl. The Morgan fingerprint density at radius 3 is 2.54 bits per heavy atom. The van der Waals surface area contributed by atoms with Gasteiger partial charge in [-0.2, -0.15) is 0 Å². The van der Waals surface area contributed by atoms with Crippen molar-refractivity contribution in [2.45, 2.75) is 52.2 Å². The number of methoxy groups -OCH3 is 1. The third kappa shape index (κ3) is 4.44. The molecule has 2 unspecified atom stereocenters. The molecule has 1 aromatic rings. The summed E-state index contributed by atoms with van der Waals surface area (Å²) < 4.78 is 11.2. The van der Waals surface area contributed by atoms with E-state index in [1.54, 1.807) is 7.11 Å². The highest BCUT2D eigenvalue weighted by Crippen LogP contribution is 2.58. The van der Waals surface area contributed by atoms with Gasteiger partial charge in [0.2, 0.25) is 5.91 Å². The first kappa shape index (κ1) is 20.8. The predicted molar refractivity (Wildman–Crippen MR) is 105 cm³/mol. The van der Waals surface area contributed by atoms with Gasteiger partial charge in [-0.05, 0) is 76.2 Å². The molecule has 6 heteroatoms. The number of carbonyl (C=O) groups is 1. The molecule has 1 aliphatic carbocycles. The van der Waals surface area contributed by atoms with Gasteiger partial charge in [0.05, 0.1) is 19.3 Å². The summed E-state index contributed by atoms with van der Waals surface area (Å²) >= 11 is 0. The standard InChI is InChI=1S/C20H30N2O3.ClH/c1-13(2)25-17-6-5-15(11-18(17)24-4)14(3)22-19(23)16-12-20(16)7-9-21-10-8-20;/h5-6,11,13-14,16,21H,7-10,12H2,1-4H3,(H,22,23);1H. The van der Waals surface area contributed by atoms with Gasteiger partial charge >= 0.3 is 0 Å². The van der Waals surface area contributed by atoms with E-state index >= 15 is 0 Å². The van der Waals surface area contributed by atoms with Crippen LogP contribution in [0.25, 0.3) is 0 Å². The summed E-state index contributed by atoms with van der Waals surface area (Å²) in [7, 11) is 1.64. The number of amides is 1. The van der Waals surface area contributed by atoms with Crippen molar-refractivity contribution in [1.82, 2.24) is 10.6 Å². The van der Waals surface area contributed by atoms with E-state index in [2.05, 4.69) is 10.6 Å². The van der Waals surface area contributed by atoms with Crippen molar-refractivity contribution in [3.8, 4) is 11.5 Å². The molecule has 5 nitrogen and oxygen atoms in total. The van der Waals surface area contributed by atoms with Crippen molar-refractivity contribution in [3.63, 3.8) is 0 Å². The predicted octanol–water partition coefficient (Wildman–Crippen LogP) is 3.47. The number of rotatable bonds is 6. The number of ether oxygens (including phenoxy) is 2. The molecule has 2 atom stereocenters. The topological polar surface area (TPSA) is 59.6 Å². The molecule has 1 aromatic carbocycles. The number of piperidine rings is 1. The molecule has 0 bridgehead atoms. The Balaban J connectivity index is 0.00000243. The van der Waals surface area contributed by atoms with Gasteiger partial charge in [0.1, 0.15) is 0 Å². The largest absolute Gasteiger partial charge is 0.493 e. The van der Waals surface area contributed by atoms with Crippen molar-refractivity contribution in [3.05, 3.63) is 23.8 Å². The monoisotopic (exact) mass is 382 g/mol. The van der Waals surface area contributed by atoms with Crippen LogP contribution in [-0.4, -0.2) is 32.2 Å². The third-order valence-electron chi connectivity index (χ3n) is 5.51. The lowest BCUT2D eigenvalue weighted by Gasteiger charge is -2.24. The number of hydrogen-bond donors (Lipinski definition) is 2. The summed E-state index contributed by atoms with van der Waals surface area (Å²) in [4.78, 5) is 12.6. The van der Waals surface area contributed by atoms with Crippen molar-refractivity contribution < 1.29 is 14.3 Å². The lowest BCUT2D eigenvalue weighted by atomic mass is 9.91. The molecule has 1 heterocycles. The Hall–Kier alpha value is -1.46. The van der Waals surface area contributed by atoms with Gasteiger partial charge in [-0.15, -0.1) is 12.4 Å². The molecule has 146 valence electrons. The molecule has 3 rings (SSSR count). The van der Waals surface area contributed by atoms with Gasteiger partial charge in [-0.3, -0.25) is 4.79 Å². The average molecular weight is 383 g/mol. The van der Waals surface area contributed by atoms with Crippen LogP contribution in [0.4, 0.5) is 0 Å². The second-order valence-electron chi connectivity index (χ2n) is 7.68. The Morgan fingerprint density at radius 1 is 1.23 bits per heavy atom. The van der Waals surface area contributed by atoms with Crippen molar-refractivity contribution in [2.75, 3.05) is 20.2 Å². The average Bonchev–Trinajstić information content (AvgIpc) is 3.28. The maximum Gasteiger partial charge on any atom is 0.224 e. The van der Waals surface area contributed by atoms with Gasteiger partial charge < -0.3 is 20.1 Å². The molecule has 1 spiro atoms. The second-order valence-corrected chi connectivity index (χ2v) is 7.68. The van der Waals surface area contributed by atoms with Crippen LogP contribution in [0.15, 0.2) is 18.2 Å². The molecular formula is C20H31ClN2O3. The summed E-state index contributed by atoms with van der Waals surface area (Å²) in [6, 6.07) is 5.82. The van der Waals surface area contributed by atoms with Gasteiger partial charge in [-0.1, -0.05) is 6.07 Å². The molecule has 1 saturated carbocycles. The van der Waals surface area contributed by atoms with E-state index < -0.39 is 0 Å².